The Bertz CT molecular complexity index is 223. The number of nitrogens with two attached hydrogens (primary N) is 1. The van der Waals surface area contributed by atoms with Crippen LogP contribution < -0.4 is 5.73 Å². The summed E-state index contributed by atoms with van der Waals surface area (Å²) >= 11 is 0. The van der Waals surface area contributed by atoms with Gasteiger partial charge in [-0.3, -0.25) is 0 Å². The van der Waals surface area contributed by atoms with Gasteiger partial charge in [-0.25, -0.2) is 0 Å². The average Bonchev–Trinajstić information content (AvgIpc) is 2.50. The second kappa shape index (κ2) is 4.84. The third-order valence-electron chi connectivity index (χ3n) is 1.57. The van der Waals surface area contributed by atoms with Crippen LogP contribution in [0.4, 0.5) is 0 Å². The van der Waals surface area contributed by atoms with Gasteiger partial charge >= 0.3 is 0 Å². The van der Waals surface area contributed by atoms with E-state index in [1.54, 1.807) is 13.4 Å². The summed E-state index contributed by atoms with van der Waals surface area (Å²) in [7, 11) is 1.64. The molecule has 0 aromatic carbocycles. The molecule has 2 N–H and O–H groups in total. The zero-order valence-electron chi connectivity index (χ0n) is 7.23. The van der Waals surface area contributed by atoms with Gasteiger partial charge in [-0.1, -0.05) is 0 Å². The molecule has 0 unspecified atom stereocenters. The largest absolute Gasteiger partial charge is 0.377 e. The van der Waals surface area contributed by atoms with Crippen molar-refractivity contribution in [1.82, 2.24) is 14.8 Å². The fraction of sp³-hybridized carbons (Fsp3) is 0.714. The van der Waals surface area contributed by atoms with Crippen LogP contribution in [-0.2, 0) is 17.9 Å². The first-order valence-electron chi connectivity index (χ1n) is 3.94. The smallest absolute Gasteiger partial charge is 0.158 e. The Hall–Kier alpha value is -0.940. The zero-order valence-corrected chi connectivity index (χ0v) is 7.23. The molecular weight excluding hydrogens is 156 g/mol. The Morgan fingerprint density at radius 3 is 3.17 bits per heavy atom. The fourth-order valence-corrected chi connectivity index (χ4v) is 0.968. The van der Waals surface area contributed by atoms with Crippen molar-refractivity contribution in [3.05, 3.63) is 12.2 Å². The summed E-state index contributed by atoms with van der Waals surface area (Å²) in [6.45, 7) is 2.05. The number of rotatable bonds is 5. The number of ether oxygens (including phenoxy) is 1. The number of nitrogens with zero attached hydrogens (tertiary/aromatic N) is 3. The third-order valence-corrected chi connectivity index (χ3v) is 1.57. The van der Waals surface area contributed by atoms with Crippen molar-refractivity contribution in [2.24, 2.45) is 5.73 Å². The monoisotopic (exact) mass is 170 g/mol. The van der Waals surface area contributed by atoms with Crippen molar-refractivity contribution in [3.63, 3.8) is 0 Å². The summed E-state index contributed by atoms with van der Waals surface area (Å²) in [5.41, 5.74) is 5.38. The van der Waals surface area contributed by atoms with Crippen LogP contribution in [0.3, 0.4) is 0 Å². The van der Waals surface area contributed by atoms with Crippen LogP contribution in [0.2, 0.25) is 0 Å². The van der Waals surface area contributed by atoms with Crippen LogP contribution in [0.25, 0.3) is 0 Å². The normalized spacial score (nSPS) is 10.5. The quantitative estimate of drug-likeness (QED) is 0.663. The van der Waals surface area contributed by atoms with Crippen molar-refractivity contribution in [3.8, 4) is 0 Å². The standard InChI is InChI=1S/C7H14N4O/c1-12-5-7-10-9-6-11(7)4-2-3-8/h6H,2-5,8H2,1H3. The van der Waals surface area contributed by atoms with Crippen LogP contribution in [0.5, 0.6) is 0 Å². The molecule has 1 aromatic heterocycles. The molecule has 0 saturated carbocycles. The van der Waals surface area contributed by atoms with E-state index in [1.807, 2.05) is 4.57 Å². The molecule has 1 heterocycles. The van der Waals surface area contributed by atoms with Gasteiger partial charge in [0.15, 0.2) is 5.82 Å². The van der Waals surface area contributed by atoms with Gasteiger partial charge in [0.05, 0.1) is 0 Å². The van der Waals surface area contributed by atoms with Gasteiger partial charge in [-0.15, -0.1) is 10.2 Å². The lowest BCUT2D eigenvalue weighted by atomic mass is 10.4. The predicted molar refractivity (Wildman–Crippen MR) is 44.4 cm³/mol. The second-order valence-electron chi connectivity index (χ2n) is 2.52. The average molecular weight is 170 g/mol. The molecular formula is C7H14N4O. The van der Waals surface area contributed by atoms with E-state index in [1.165, 1.54) is 0 Å². The molecule has 0 aliphatic carbocycles. The van der Waals surface area contributed by atoms with E-state index < -0.39 is 0 Å². The summed E-state index contributed by atoms with van der Waals surface area (Å²) in [4.78, 5) is 0. The molecule has 0 fully saturated rings. The van der Waals surface area contributed by atoms with E-state index in [-0.39, 0.29) is 0 Å². The Balaban J connectivity index is 2.51. The minimum absolute atomic E-state index is 0.505. The number of hydrogen-bond donors (Lipinski definition) is 1. The summed E-state index contributed by atoms with van der Waals surface area (Å²) in [5.74, 6) is 0.853. The summed E-state index contributed by atoms with van der Waals surface area (Å²) in [5, 5.41) is 7.69. The molecule has 0 saturated heterocycles. The topological polar surface area (TPSA) is 66.0 Å². The number of aromatic nitrogens is 3. The van der Waals surface area contributed by atoms with E-state index in [2.05, 4.69) is 10.2 Å². The van der Waals surface area contributed by atoms with Crippen LogP contribution in [0.15, 0.2) is 6.33 Å². The number of aryl methyl sites for hydroxylation is 1. The molecule has 0 radical (unpaired) electrons. The predicted octanol–water partition coefficient (Wildman–Crippen LogP) is -0.227. The first-order chi connectivity index (χ1) is 5.88. The van der Waals surface area contributed by atoms with Crippen LogP contribution in [0, 0.1) is 0 Å². The van der Waals surface area contributed by atoms with E-state index in [0.717, 1.165) is 18.8 Å². The summed E-state index contributed by atoms with van der Waals surface area (Å²) < 4.78 is 6.91. The van der Waals surface area contributed by atoms with E-state index in [4.69, 9.17) is 10.5 Å². The van der Waals surface area contributed by atoms with Crippen molar-refractivity contribution in [2.75, 3.05) is 13.7 Å². The summed E-state index contributed by atoms with van der Waals surface area (Å²) in [6, 6.07) is 0. The maximum absolute atomic E-state index is 5.38. The maximum atomic E-state index is 5.38. The molecule has 1 rings (SSSR count). The lowest BCUT2D eigenvalue weighted by Crippen LogP contribution is -2.08. The van der Waals surface area contributed by atoms with Crippen molar-refractivity contribution < 1.29 is 4.74 Å². The van der Waals surface area contributed by atoms with Crippen LogP contribution in [0.1, 0.15) is 12.2 Å². The Labute approximate surface area is 71.5 Å². The Morgan fingerprint density at radius 2 is 2.50 bits per heavy atom. The highest BCUT2D eigenvalue weighted by atomic mass is 16.5. The first-order valence-corrected chi connectivity index (χ1v) is 3.94. The second-order valence-corrected chi connectivity index (χ2v) is 2.52. The zero-order chi connectivity index (χ0) is 8.81. The maximum Gasteiger partial charge on any atom is 0.158 e. The van der Waals surface area contributed by atoms with E-state index >= 15 is 0 Å². The summed E-state index contributed by atoms with van der Waals surface area (Å²) in [6.07, 6.45) is 2.64. The highest BCUT2D eigenvalue weighted by Gasteiger charge is 2.01. The van der Waals surface area contributed by atoms with Gasteiger partial charge in [0.1, 0.15) is 12.9 Å². The molecule has 0 amide bonds. The molecule has 0 aliphatic rings. The highest BCUT2D eigenvalue weighted by Crippen LogP contribution is 1.97. The lowest BCUT2D eigenvalue weighted by Gasteiger charge is -2.03. The number of hydrogen-bond acceptors (Lipinski definition) is 4. The van der Waals surface area contributed by atoms with Crippen LogP contribution >= 0.6 is 0 Å². The van der Waals surface area contributed by atoms with Crippen molar-refractivity contribution in [2.45, 2.75) is 19.6 Å². The van der Waals surface area contributed by atoms with Crippen LogP contribution in [-0.4, -0.2) is 28.4 Å². The minimum Gasteiger partial charge on any atom is -0.377 e. The minimum atomic E-state index is 0.505. The highest BCUT2D eigenvalue weighted by molar-refractivity contribution is 4.82. The third kappa shape index (κ3) is 2.28. The lowest BCUT2D eigenvalue weighted by molar-refractivity contribution is 0.173. The Morgan fingerprint density at radius 1 is 1.67 bits per heavy atom. The van der Waals surface area contributed by atoms with Gasteiger partial charge in [-0.05, 0) is 13.0 Å². The SMILES string of the molecule is COCc1nncn1CCCN. The molecule has 5 heteroatoms. The molecule has 0 bridgehead atoms. The molecule has 0 aliphatic heterocycles. The Kier molecular flexibility index (Phi) is 3.69. The van der Waals surface area contributed by atoms with Gasteiger partial charge in [0.2, 0.25) is 0 Å². The van der Waals surface area contributed by atoms with E-state index in [9.17, 15) is 0 Å². The van der Waals surface area contributed by atoms with Gasteiger partial charge < -0.3 is 15.0 Å². The van der Waals surface area contributed by atoms with Crippen molar-refractivity contribution >= 4 is 0 Å². The van der Waals surface area contributed by atoms with Gasteiger partial charge in [0.25, 0.3) is 0 Å². The molecule has 5 nitrogen and oxygen atoms in total. The first kappa shape index (κ1) is 9.15. The molecule has 1 aromatic rings. The molecule has 0 atom stereocenters. The molecule has 12 heavy (non-hydrogen) atoms. The van der Waals surface area contributed by atoms with Gasteiger partial charge in [-0.2, -0.15) is 0 Å². The van der Waals surface area contributed by atoms with Gasteiger partial charge in [0, 0.05) is 13.7 Å². The van der Waals surface area contributed by atoms with Crippen molar-refractivity contribution in [1.29, 1.82) is 0 Å². The molecule has 68 valence electrons. The fourth-order valence-electron chi connectivity index (χ4n) is 0.968. The van der Waals surface area contributed by atoms with E-state index in [0.29, 0.717) is 13.2 Å². The molecule has 0 spiro atoms. The number of methoxy groups -OCH3 is 1.